The molecule has 0 bridgehead atoms. The molecule has 4 atom stereocenters. The highest BCUT2D eigenvalue weighted by Crippen LogP contribution is 2.18. The van der Waals surface area contributed by atoms with Gasteiger partial charge in [-0.05, 0) is 26.7 Å². The Balaban J connectivity index is 2.60. The van der Waals surface area contributed by atoms with Crippen molar-refractivity contribution in [2.45, 2.75) is 50.9 Å². The summed E-state index contributed by atoms with van der Waals surface area (Å²) in [5.74, 6) is -2.12. The number of hydrogen-bond donors (Lipinski definition) is 5. The van der Waals surface area contributed by atoms with Gasteiger partial charge in [-0.25, -0.2) is 0 Å². The number of carbonyl (C=O) groups excluding carboxylic acids is 5. The quantitative estimate of drug-likeness (QED) is 0.258. The monoisotopic (exact) mass is 385 g/mol. The van der Waals surface area contributed by atoms with E-state index in [0.717, 1.165) is 0 Å². The van der Waals surface area contributed by atoms with E-state index < -0.39 is 47.9 Å². The van der Waals surface area contributed by atoms with Gasteiger partial charge in [0.15, 0.2) is 0 Å². The third-order valence-corrected chi connectivity index (χ3v) is 4.20. The molecule has 1 rings (SSSR count). The Morgan fingerprint density at radius 3 is 2.52 bits per heavy atom. The fourth-order valence-corrected chi connectivity index (χ4v) is 2.65. The summed E-state index contributed by atoms with van der Waals surface area (Å²) in [7, 11) is 0. The normalized spacial score (nSPS) is 19.6. The number of nitrogens with two attached hydrogens (primary N) is 1. The van der Waals surface area contributed by atoms with Crippen LogP contribution in [0.3, 0.4) is 0 Å². The summed E-state index contributed by atoms with van der Waals surface area (Å²) in [6, 6.07) is -2.84. The molecule has 0 aliphatic carbocycles. The Labute approximate surface area is 157 Å². The molecule has 11 nitrogen and oxygen atoms in total. The molecule has 1 fully saturated rings. The first-order valence-corrected chi connectivity index (χ1v) is 8.71. The lowest BCUT2D eigenvalue weighted by Crippen LogP contribution is -2.56. The number of aldehydes is 1. The fraction of sp³-hybridized carbons (Fsp3) is 0.688. The molecular weight excluding hydrogens is 358 g/mol. The zero-order valence-corrected chi connectivity index (χ0v) is 15.4. The molecule has 4 amide bonds. The van der Waals surface area contributed by atoms with Crippen LogP contribution in [0.25, 0.3) is 0 Å². The Morgan fingerprint density at radius 2 is 1.93 bits per heavy atom. The third-order valence-electron chi connectivity index (χ3n) is 4.20. The molecule has 1 heterocycles. The average Bonchev–Trinajstić information content (AvgIpc) is 3.12. The van der Waals surface area contributed by atoms with Gasteiger partial charge in [-0.2, -0.15) is 0 Å². The van der Waals surface area contributed by atoms with Crippen molar-refractivity contribution in [3.8, 4) is 0 Å². The Bertz CT molecular complexity index is 582. The largest absolute Gasteiger partial charge is 0.391 e. The number of aliphatic hydroxyl groups is 1. The van der Waals surface area contributed by atoms with Crippen molar-refractivity contribution in [3.05, 3.63) is 0 Å². The van der Waals surface area contributed by atoms with Gasteiger partial charge in [0.25, 0.3) is 0 Å². The van der Waals surface area contributed by atoms with Gasteiger partial charge in [0.05, 0.1) is 19.2 Å². The van der Waals surface area contributed by atoms with Crippen LogP contribution in [0, 0.1) is 0 Å². The molecule has 1 aliphatic heterocycles. The second kappa shape index (κ2) is 10.6. The van der Waals surface area contributed by atoms with Gasteiger partial charge in [-0.15, -0.1) is 0 Å². The summed E-state index contributed by atoms with van der Waals surface area (Å²) in [5, 5.41) is 16.5. The maximum absolute atomic E-state index is 12.6. The molecule has 0 radical (unpaired) electrons. The number of aliphatic hydroxyl groups excluding tert-OH is 1. The first-order valence-electron chi connectivity index (χ1n) is 8.71. The molecule has 0 aromatic heterocycles. The number of nitrogens with zero attached hydrogens (tertiary/aromatic N) is 1. The van der Waals surface area contributed by atoms with E-state index in [0.29, 0.717) is 25.7 Å². The second-order valence-corrected chi connectivity index (χ2v) is 6.37. The molecular formula is C16H27N5O6. The summed E-state index contributed by atoms with van der Waals surface area (Å²) in [4.78, 5) is 59.7. The van der Waals surface area contributed by atoms with Crippen molar-refractivity contribution in [1.82, 2.24) is 20.9 Å². The van der Waals surface area contributed by atoms with Crippen LogP contribution in [-0.4, -0.2) is 83.8 Å². The minimum Gasteiger partial charge on any atom is -0.391 e. The number of likely N-dealkylation sites (tertiary alicyclic amines) is 1. The van der Waals surface area contributed by atoms with Crippen molar-refractivity contribution in [3.63, 3.8) is 0 Å². The summed E-state index contributed by atoms with van der Waals surface area (Å²) < 4.78 is 0. The van der Waals surface area contributed by atoms with Crippen LogP contribution in [0.4, 0.5) is 0 Å². The fourth-order valence-electron chi connectivity index (χ4n) is 2.65. The predicted octanol–water partition coefficient (Wildman–Crippen LogP) is -3.38. The van der Waals surface area contributed by atoms with Crippen LogP contribution >= 0.6 is 0 Å². The molecule has 152 valence electrons. The minimum atomic E-state index is -1.16. The second-order valence-electron chi connectivity index (χ2n) is 6.37. The van der Waals surface area contributed by atoms with Crippen molar-refractivity contribution < 1.29 is 29.1 Å². The first kappa shape index (κ1) is 22.5. The van der Waals surface area contributed by atoms with Crippen LogP contribution in [0.1, 0.15) is 26.7 Å². The van der Waals surface area contributed by atoms with Crippen molar-refractivity contribution >= 4 is 29.9 Å². The van der Waals surface area contributed by atoms with Crippen LogP contribution in [0.5, 0.6) is 0 Å². The highest BCUT2D eigenvalue weighted by atomic mass is 16.3. The molecule has 0 unspecified atom stereocenters. The molecule has 6 N–H and O–H groups in total. The van der Waals surface area contributed by atoms with Crippen LogP contribution in [0.2, 0.25) is 0 Å². The number of carbonyl (C=O) groups is 5. The Hall–Kier alpha value is -2.53. The lowest BCUT2D eigenvalue weighted by Gasteiger charge is -2.27. The molecule has 0 aromatic rings. The maximum atomic E-state index is 12.6. The number of rotatable bonds is 9. The van der Waals surface area contributed by atoms with Gasteiger partial charge < -0.3 is 36.5 Å². The van der Waals surface area contributed by atoms with E-state index in [4.69, 9.17) is 5.73 Å². The van der Waals surface area contributed by atoms with Gasteiger partial charge in [0, 0.05) is 6.54 Å². The van der Waals surface area contributed by atoms with Crippen LogP contribution in [0.15, 0.2) is 0 Å². The Kier molecular flexibility index (Phi) is 8.82. The third kappa shape index (κ3) is 6.61. The van der Waals surface area contributed by atoms with Crippen molar-refractivity contribution in [1.29, 1.82) is 0 Å². The van der Waals surface area contributed by atoms with E-state index in [1.54, 1.807) is 0 Å². The molecule has 1 saturated heterocycles. The smallest absolute Gasteiger partial charge is 0.245 e. The van der Waals surface area contributed by atoms with Gasteiger partial charge in [-0.3, -0.25) is 19.2 Å². The van der Waals surface area contributed by atoms with E-state index in [9.17, 15) is 29.1 Å². The summed E-state index contributed by atoms with van der Waals surface area (Å²) >= 11 is 0. The van der Waals surface area contributed by atoms with Gasteiger partial charge in [0.2, 0.25) is 23.6 Å². The molecule has 27 heavy (non-hydrogen) atoms. The topological polar surface area (TPSA) is 171 Å². The first-order chi connectivity index (χ1) is 12.7. The minimum absolute atomic E-state index is 0.144. The van der Waals surface area contributed by atoms with Gasteiger partial charge in [-0.1, -0.05) is 0 Å². The number of hydrogen-bond acceptors (Lipinski definition) is 7. The van der Waals surface area contributed by atoms with E-state index in [1.807, 2.05) is 0 Å². The van der Waals surface area contributed by atoms with Gasteiger partial charge >= 0.3 is 0 Å². The van der Waals surface area contributed by atoms with Crippen molar-refractivity contribution in [2.75, 3.05) is 19.6 Å². The number of amides is 4. The van der Waals surface area contributed by atoms with E-state index in [-0.39, 0.29) is 13.1 Å². The SMILES string of the molecule is C[C@H](NC(=O)[C@@H](N)[C@@H](C)O)C(=O)N1CCC[C@H]1C(=O)NCC(=O)NCC=O. The highest BCUT2D eigenvalue weighted by Gasteiger charge is 2.36. The van der Waals surface area contributed by atoms with E-state index in [1.165, 1.54) is 18.7 Å². The molecule has 0 spiro atoms. The zero-order chi connectivity index (χ0) is 20.6. The van der Waals surface area contributed by atoms with E-state index in [2.05, 4.69) is 16.0 Å². The van der Waals surface area contributed by atoms with Crippen LogP contribution < -0.4 is 21.7 Å². The van der Waals surface area contributed by atoms with E-state index >= 15 is 0 Å². The van der Waals surface area contributed by atoms with Crippen LogP contribution in [-0.2, 0) is 24.0 Å². The lowest BCUT2D eigenvalue weighted by molar-refractivity contribution is -0.141. The zero-order valence-electron chi connectivity index (χ0n) is 15.4. The highest BCUT2D eigenvalue weighted by molar-refractivity contribution is 5.94. The maximum Gasteiger partial charge on any atom is 0.245 e. The van der Waals surface area contributed by atoms with Gasteiger partial charge in [0.1, 0.15) is 24.4 Å². The molecule has 11 heteroatoms. The van der Waals surface area contributed by atoms with Crippen molar-refractivity contribution in [2.24, 2.45) is 5.73 Å². The Morgan fingerprint density at radius 1 is 1.26 bits per heavy atom. The standard InChI is InChI=1S/C16H27N5O6/c1-9(20-15(26)13(17)10(2)23)16(27)21-6-3-4-11(21)14(25)19-8-12(24)18-5-7-22/h7,9-11,13,23H,3-6,8,17H2,1-2H3,(H,18,24)(H,19,25)(H,20,26)/t9-,10+,11-,13-/m0/s1. The number of nitrogens with one attached hydrogen (secondary N) is 3. The summed E-state index contributed by atoms with van der Waals surface area (Å²) in [6.07, 6.45) is 0.495. The summed E-state index contributed by atoms with van der Waals surface area (Å²) in [5.41, 5.74) is 5.53. The summed E-state index contributed by atoms with van der Waals surface area (Å²) in [6.45, 7) is 2.73. The molecule has 0 saturated carbocycles. The molecule has 0 aromatic carbocycles. The predicted molar refractivity (Wildman–Crippen MR) is 94.1 cm³/mol. The molecule has 1 aliphatic rings. The average molecular weight is 385 g/mol. The lowest BCUT2D eigenvalue weighted by atomic mass is 10.1.